The summed E-state index contributed by atoms with van der Waals surface area (Å²) in [4.78, 5) is 27.4. The average molecular weight is 427 g/mol. The second-order valence-electron chi connectivity index (χ2n) is 8.69. The maximum Gasteiger partial charge on any atom is 0.303 e. The van der Waals surface area contributed by atoms with E-state index in [1.807, 2.05) is 31.2 Å². The monoisotopic (exact) mass is 426 g/mol. The Morgan fingerprint density at radius 3 is 2.78 bits per heavy atom. The second-order valence-corrected chi connectivity index (χ2v) is 8.69. The fourth-order valence-corrected chi connectivity index (χ4v) is 5.12. The van der Waals surface area contributed by atoms with E-state index >= 15 is 0 Å². The minimum atomic E-state index is -0.820. The van der Waals surface area contributed by atoms with Crippen molar-refractivity contribution in [1.29, 1.82) is 0 Å². The van der Waals surface area contributed by atoms with Gasteiger partial charge in [0, 0.05) is 35.0 Å². The summed E-state index contributed by atoms with van der Waals surface area (Å²) in [5, 5.41) is 12.0. The number of fused-ring (bicyclic) bond motifs is 2. The molecule has 0 saturated heterocycles. The van der Waals surface area contributed by atoms with Crippen LogP contribution in [-0.2, 0) is 22.4 Å². The first-order chi connectivity index (χ1) is 15.5. The number of aromatic nitrogens is 1. The number of carbonyl (C=O) groups excluding carboxylic acids is 1. The molecule has 5 rings (SSSR count). The molecule has 1 aliphatic heterocycles. The maximum atomic E-state index is 12.8. The van der Waals surface area contributed by atoms with Crippen molar-refractivity contribution in [2.45, 2.75) is 44.9 Å². The van der Waals surface area contributed by atoms with Crippen molar-refractivity contribution in [3.8, 4) is 0 Å². The largest absolute Gasteiger partial charge is 0.481 e. The summed E-state index contributed by atoms with van der Waals surface area (Å²) >= 11 is 0. The molecule has 0 spiro atoms. The van der Waals surface area contributed by atoms with E-state index < -0.39 is 5.97 Å². The zero-order valence-electron chi connectivity index (χ0n) is 18.1. The van der Waals surface area contributed by atoms with Crippen LogP contribution in [0.25, 0.3) is 11.6 Å². The molecule has 0 saturated carbocycles. The molecule has 0 radical (unpaired) electrons. The van der Waals surface area contributed by atoms with Crippen LogP contribution < -0.4 is 5.32 Å². The molecule has 2 aliphatic rings. The lowest BCUT2D eigenvalue weighted by Gasteiger charge is -2.22. The van der Waals surface area contributed by atoms with E-state index in [4.69, 9.17) is 5.11 Å². The Morgan fingerprint density at radius 1 is 1.19 bits per heavy atom. The van der Waals surface area contributed by atoms with Gasteiger partial charge in [-0.2, -0.15) is 0 Å². The highest BCUT2D eigenvalue weighted by molar-refractivity contribution is 6.35. The number of rotatable bonds is 5. The predicted molar refractivity (Wildman–Crippen MR) is 126 cm³/mol. The number of hydrogen-bond acceptors (Lipinski definition) is 2. The van der Waals surface area contributed by atoms with E-state index in [9.17, 15) is 9.59 Å². The van der Waals surface area contributed by atoms with Crippen molar-refractivity contribution in [2.75, 3.05) is 5.32 Å². The average Bonchev–Trinajstić information content (AvgIpc) is 3.34. The van der Waals surface area contributed by atoms with Crippen LogP contribution in [0.2, 0.25) is 0 Å². The van der Waals surface area contributed by atoms with E-state index in [1.54, 1.807) is 0 Å². The number of benzene rings is 2. The smallest absolute Gasteiger partial charge is 0.303 e. The zero-order chi connectivity index (χ0) is 22.2. The Labute approximate surface area is 187 Å². The van der Waals surface area contributed by atoms with Crippen molar-refractivity contribution in [2.24, 2.45) is 0 Å². The van der Waals surface area contributed by atoms with E-state index in [2.05, 4.69) is 40.6 Å². The summed E-state index contributed by atoms with van der Waals surface area (Å²) in [6.45, 7) is 1.97. The highest BCUT2D eigenvalue weighted by atomic mass is 16.4. The van der Waals surface area contributed by atoms with E-state index in [0.29, 0.717) is 17.9 Å². The lowest BCUT2D eigenvalue weighted by Crippen LogP contribution is -2.09. The van der Waals surface area contributed by atoms with Crippen molar-refractivity contribution < 1.29 is 14.7 Å². The lowest BCUT2D eigenvalue weighted by molar-refractivity contribution is -0.137. The Balaban J connectivity index is 1.52. The summed E-state index contributed by atoms with van der Waals surface area (Å²) < 4.78 is 0. The number of anilines is 1. The van der Waals surface area contributed by atoms with Gasteiger partial charge in [-0.3, -0.25) is 9.59 Å². The van der Waals surface area contributed by atoms with Gasteiger partial charge in [-0.05, 0) is 73.1 Å². The molecule has 1 atom stereocenters. The predicted octanol–water partition coefficient (Wildman–Crippen LogP) is 5.30. The fraction of sp³-hybridized carbons (Fsp3) is 0.259. The minimum absolute atomic E-state index is 0.0737. The molecule has 3 N–H and O–H groups in total. The first kappa shape index (κ1) is 20.3. The highest BCUT2D eigenvalue weighted by Crippen LogP contribution is 2.40. The fourth-order valence-electron chi connectivity index (χ4n) is 5.12. The molecule has 162 valence electrons. The van der Waals surface area contributed by atoms with Gasteiger partial charge >= 0.3 is 5.97 Å². The number of hydrogen-bond donors (Lipinski definition) is 3. The summed E-state index contributed by atoms with van der Waals surface area (Å²) in [7, 11) is 0. The third-order valence-electron chi connectivity index (χ3n) is 6.70. The third-order valence-corrected chi connectivity index (χ3v) is 6.70. The number of aromatic amines is 1. The second kappa shape index (κ2) is 8.15. The number of carboxylic acids is 1. The van der Waals surface area contributed by atoms with Crippen LogP contribution in [-0.4, -0.2) is 22.0 Å². The molecular formula is C27H26N2O3. The van der Waals surface area contributed by atoms with Crippen molar-refractivity contribution in [3.05, 3.63) is 87.7 Å². The normalized spacial score (nSPS) is 18.3. The highest BCUT2D eigenvalue weighted by Gasteiger charge is 2.28. The molecule has 1 aliphatic carbocycles. The zero-order valence-corrected chi connectivity index (χ0v) is 18.1. The third kappa shape index (κ3) is 3.64. The number of aliphatic carboxylic acids is 1. The van der Waals surface area contributed by atoms with Gasteiger partial charge in [-0.15, -0.1) is 0 Å². The van der Waals surface area contributed by atoms with Gasteiger partial charge < -0.3 is 15.4 Å². The molecule has 0 bridgehead atoms. The molecule has 2 heterocycles. The van der Waals surface area contributed by atoms with Crippen LogP contribution in [0.3, 0.4) is 0 Å². The topological polar surface area (TPSA) is 82.2 Å². The molecule has 1 aromatic heterocycles. The van der Waals surface area contributed by atoms with Gasteiger partial charge in [0.25, 0.3) is 5.91 Å². The molecular weight excluding hydrogens is 400 g/mol. The van der Waals surface area contributed by atoms with Gasteiger partial charge in [-0.1, -0.05) is 36.4 Å². The first-order valence-corrected chi connectivity index (χ1v) is 11.2. The van der Waals surface area contributed by atoms with Gasteiger partial charge in [0.2, 0.25) is 0 Å². The SMILES string of the molecule is Cc1c(CCC(=O)O)ccc2c1C(=Cc1cc3c([nH]1)CCCC3c1ccccc1)C(=O)N2. The molecule has 5 heteroatoms. The molecule has 2 aromatic carbocycles. The summed E-state index contributed by atoms with van der Waals surface area (Å²) in [6, 6.07) is 16.6. The van der Waals surface area contributed by atoms with E-state index in [-0.39, 0.29) is 12.3 Å². The van der Waals surface area contributed by atoms with Crippen LogP contribution in [0, 0.1) is 6.92 Å². The molecule has 32 heavy (non-hydrogen) atoms. The quantitative estimate of drug-likeness (QED) is 0.484. The van der Waals surface area contributed by atoms with E-state index in [0.717, 1.165) is 47.3 Å². The number of H-pyrrole nitrogens is 1. The molecule has 3 aromatic rings. The number of nitrogens with one attached hydrogen (secondary N) is 2. The summed E-state index contributed by atoms with van der Waals surface area (Å²) in [5.74, 6) is -0.567. The van der Waals surface area contributed by atoms with Crippen molar-refractivity contribution in [3.63, 3.8) is 0 Å². The Hall–Kier alpha value is -3.60. The van der Waals surface area contributed by atoms with Crippen LogP contribution in [0.15, 0.2) is 48.5 Å². The van der Waals surface area contributed by atoms with Gasteiger partial charge in [0.1, 0.15) is 0 Å². The van der Waals surface area contributed by atoms with Gasteiger partial charge in [0.15, 0.2) is 0 Å². The van der Waals surface area contributed by atoms with E-state index in [1.165, 1.54) is 16.8 Å². The molecule has 0 fully saturated rings. The number of aryl methyl sites for hydroxylation is 2. The molecule has 5 nitrogen and oxygen atoms in total. The van der Waals surface area contributed by atoms with Crippen LogP contribution in [0.5, 0.6) is 0 Å². The maximum absolute atomic E-state index is 12.8. The lowest BCUT2D eigenvalue weighted by atomic mass is 9.82. The van der Waals surface area contributed by atoms with Gasteiger partial charge in [-0.25, -0.2) is 0 Å². The number of carboxylic acid groups (broad SMARTS) is 1. The Kier molecular flexibility index (Phi) is 5.17. The van der Waals surface area contributed by atoms with Crippen molar-refractivity contribution in [1.82, 2.24) is 4.98 Å². The first-order valence-electron chi connectivity index (χ1n) is 11.2. The van der Waals surface area contributed by atoms with Crippen molar-refractivity contribution >= 4 is 29.2 Å². The van der Waals surface area contributed by atoms with Crippen LogP contribution >= 0.6 is 0 Å². The number of carbonyl (C=O) groups is 2. The molecule has 1 amide bonds. The van der Waals surface area contributed by atoms with Crippen LogP contribution in [0.4, 0.5) is 5.69 Å². The van der Waals surface area contributed by atoms with Gasteiger partial charge in [0.05, 0.1) is 5.57 Å². The standard InChI is InChI=1S/C27H26N2O3/c1-16-17(11-13-25(30)31)10-12-24-26(16)22(27(32)29-24)15-19-14-21-20(8-5-9-23(21)28-19)18-6-3-2-4-7-18/h2-4,6-7,10,12,14-15,20,28H,5,8-9,11,13H2,1H3,(H,29,32)(H,30,31). The molecule has 1 unspecified atom stereocenters. The Morgan fingerprint density at radius 2 is 2.00 bits per heavy atom. The van der Waals surface area contributed by atoms with Crippen LogP contribution in [0.1, 0.15) is 64.4 Å². The minimum Gasteiger partial charge on any atom is -0.481 e. The summed E-state index contributed by atoms with van der Waals surface area (Å²) in [6.07, 6.45) is 5.74. The Bertz CT molecular complexity index is 1240. The number of amides is 1. The summed E-state index contributed by atoms with van der Waals surface area (Å²) in [5.41, 5.74) is 9.06.